The summed E-state index contributed by atoms with van der Waals surface area (Å²) in [6.07, 6.45) is 0.464. The van der Waals surface area contributed by atoms with E-state index in [1.165, 1.54) is 0 Å². The number of aliphatic carboxylic acids is 1. The molecule has 1 N–H and O–H groups in total. The van der Waals surface area contributed by atoms with Crippen molar-refractivity contribution in [1.82, 2.24) is 0 Å². The van der Waals surface area contributed by atoms with Gasteiger partial charge >= 0.3 is 5.97 Å². The summed E-state index contributed by atoms with van der Waals surface area (Å²) in [6.45, 7) is 6.53. The Bertz CT molecular complexity index is 496. The van der Waals surface area contributed by atoms with Crippen molar-refractivity contribution in [3.8, 4) is 0 Å². The van der Waals surface area contributed by atoms with Gasteiger partial charge in [0.05, 0.1) is 29.3 Å². The van der Waals surface area contributed by atoms with Crippen molar-refractivity contribution in [3.05, 3.63) is 28.8 Å². The molecule has 0 amide bonds. The van der Waals surface area contributed by atoms with Crippen molar-refractivity contribution in [2.75, 3.05) is 31.2 Å². The number of halogens is 1. The van der Waals surface area contributed by atoms with E-state index in [-0.39, 0.29) is 0 Å². The van der Waals surface area contributed by atoms with Gasteiger partial charge in [-0.25, -0.2) is 0 Å². The molecule has 1 fully saturated rings. The summed E-state index contributed by atoms with van der Waals surface area (Å²) in [5.74, 6) is -0.800. The van der Waals surface area contributed by atoms with Gasteiger partial charge in [-0.1, -0.05) is 17.7 Å². The third-order valence-electron chi connectivity index (χ3n) is 3.59. The van der Waals surface area contributed by atoms with Gasteiger partial charge < -0.3 is 14.7 Å². The third-order valence-corrected chi connectivity index (χ3v) is 3.89. The molecule has 1 saturated heterocycles. The van der Waals surface area contributed by atoms with Crippen LogP contribution in [-0.4, -0.2) is 37.4 Å². The molecule has 0 unspecified atom stereocenters. The first kappa shape index (κ1) is 15.1. The lowest BCUT2D eigenvalue weighted by Crippen LogP contribution is -2.36. The second-order valence-corrected chi connectivity index (χ2v) is 6.16. The maximum atomic E-state index is 11.2. The number of carbonyl (C=O) groups is 1. The summed E-state index contributed by atoms with van der Waals surface area (Å²) in [6, 6.07) is 5.80. The van der Waals surface area contributed by atoms with Gasteiger partial charge in [0.1, 0.15) is 0 Å². The van der Waals surface area contributed by atoms with Crippen LogP contribution in [0.5, 0.6) is 0 Å². The number of rotatable bonds is 4. The molecule has 20 heavy (non-hydrogen) atoms. The van der Waals surface area contributed by atoms with E-state index >= 15 is 0 Å². The van der Waals surface area contributed by atoms with Crippen molar-refractivity contribution in [3.63, 3.8) is 0 Å². The van der Waals surface area contributed by atoms with Gasteiger partial charge in [0.15, 0.2) is 0 Å². The highest BCUT2D eigenvalue weighted by Crippen LogP contribution is 2.30. The van der Waals surface area contributed by atoms with Crippen LogP contribution in [-0.2, 0) is 16.0 Å². The lowest BCUT2D eigenvalue weighted by molar-refractivity contribution is -0.146. The molecule has 0 aliphatic carbocycles. The molecule has 0 atom stereocenters. The second kappa shape index (κ2) is 6.02. The first-order chi connectivity index (χ1) is 9.40. The lowest BCUT2D eigenvalue weighted by Gasteiger charge is -2.30. The number of carboxylic acid groups (broad SMARTS) is 1. The maximum absolute atomic E-state index is 11.2. The summed E-state index contributed by atoms with van der Waals surface area (Å²) in [5, 5.41) is 9.85. The Hall–Kier alpha value is -1.26. The van der Waals surface area contributed by atoms with Gasteiger partial charge in [0.2, 0.25) is 0 Å². The van der Waals surface area contributed by atoms with E-state index in [0.717, 1.165) is 24.3 Å². The fourth-order valence-corrected chi connectivity index (χ4v) is 2.63. The normalized spacial score (nSPS) is 16.2. The number of ether oxygens (including phenoxy) is 1. The molecule has 110 valence electrons. The second-order valence-electron chi connectivity index (χ2n) is 5.75. The zero-order chi connectivity index (χ0) is 14.8. The van der Waals surface area contributed by atoms with Crippen LogP contribution in [0.25, 0.3) is 0 Å². The van der Waals surface area contributed by atoms with E-state index in [1.54, 1.807) is 13.8 Å². The summed E-state index contributed by atoms with van der Waals surface area (Å²) in [4.78, 5) is 13.4. The highest BCUT2D eigenvalue weighted by molar-refractivity contribution is 6.33. The standard InChI is InChI=1S/C15H20ClNO3/c1-15(2,14(18)19)10-11-3-4-13(12(16)9-11)17-5-7-20-8-6-17/h3-4,9H,5-8,10H2,1-2H3,(H,18,19). The van der Waals surface area contributed by atoms with E-state index in [9.17, 15) is 9.90 Å². The van der Waals surface area contributed by atoms with Crippen LogP contribution in [0.3, 0.4) is 0 Å². The average molecular weight is 298 g/mol. The van der Waals surface area contributed by atoms with Gasteiger partial charge in [-0.3, -0.25) is 4.79 Å². The number of morpholine rings is 1. The Kier molecular flexibility index (Phi) is 4.55. The third kappa shape index (κ3) is 3.44. The molecule has 0 spiro atoms. The number of nitrogens with zero attached hydrogens (tertiary/aromatic N) is 1. The zero-order valence-electron chi connectivity index (χ0n) is 11.9. The molecule has 0 aromatic heterocycles. The first-order valence-electron chi connectivity index (χ1n) is 6.75. The van der Waals surface area contributed by atoms with E-state index < -0.39 is 11.4 Å². The van der Waals surface area contributed by atoms with Crippen LogP contribution in [0, 0.1) is 5.41 Å². The minimum absolute atomic E-state index is 0.464. The van der Waals surface area contributed by atoms with Gasteiger partial charge in [-0.2, -0.15) is 0 Å². The Labute approximate surface area is 124 Å². The largest absolute Gasteiger partial charge is 0.481 e. The van der Waals surface area contributed by atoms with E-state index in [0.29, 0.717) is 24.7 Å². The summed E-state index contributed by atoms with van der Waals surface area (Å²) in [5.41, 5.74) is 1.15. The molecule has 0 bridgehead atoms. The molecular formula is C15H20ClNO3. The van der Waals surface area contributed by atoms with Gasteiger partial charge in [0, 0.05) is 13.1 Å². The molecule has 1 aromatic carbocycles. The topological polar surface area (TPSA) is 49.8 Å². The molecule has 1 aliphatic heterocycles. The Balaban J connectivity index is 2.15. The van der Waals surface area contributed by atoms with Crippen LogP contribution in [0.4, 0.5) is 5.69 Å². The molecular weight excluding hydrogens is 278 g/mol. The van der Waals surface area contributed by atoms with Gasteiger partial charge in [-0.05, 0) is 38.0 Å². The number of hydrogen-bond donors (Lipinski definition) is 1. The van der Waals surface area contributed by atoms with E-state index in [4.69, 9.17) is 16.3 Å². The predicted molar refractivity (Wildman–Crippen MR) is 79.6 cm³/mol. The molecule has 1 aliphatic rings. The van der Waals surface area contributed by atoms with Crippen molar-refractivity contribution in [1.29, 1.82) is 0 Å². The van der Waals surface area contributed by atoms with Crippen LogP contribution >= 0.6 is 11.6 Å². The summed E-state index contributed by atoms with van der Waals surface area (Å²) in [7, 11) is 0. The fraction of sp³-hybridized carbons (Fsp3) is 0.533. The van der Waals surface area contributed by atoms with Crippen molar-refractivity contribution < 1.29 is 14.6 Å². The molecule has 2 rings (SSSR count). The van der Waals surface area contributed by atoms with Gasteiger partial charge in [-0.15, -0.1) is 0 Å². The molecule has 0 radical (unpaired) electrons. The monoisotopic (exact) mass is 297 g/mol. The number of hydrogen-bond acceptors (Lipinski definition) is 3. The number of carboxylic acids is 1. The van der Waals surface area contributed by atoms with Crippen LogP contribution in [0.2, 0.25) is 5.02 Å². The fourth-order valence-electron chi connectivity index (χ4n) is 2.31. The molecule has 0 saturated carbocycles. The minimum Gasteiger partial charge on any atom is -0.481 e. The van der Waals surface area contributed by atoms with Crippen molar-refractivity contribution in [2.45, 2.75) is 20.3 Å². The van der Waals surface area contributed by atoms with Crippen molar-refractivity contribution in [2.24, 2.45) is 5.41 Å². The maximum Gasteiger partial charge on any atom is 0.309 e. The molecule has 4 nitrogen and oxygen atoms in total. The SMILES string of the molecule is CC(C)(Cc1ccc(N2CCOCC2)c(Cl)c1)C(=O)O. The number of benzene rings is 1. The van der Waals surface area contributed by atoms with E-state index in [1.807, 2.05) is 18.2 Å². The number of anilines is 1. The molecule has 1 heterocycles. The van der Waals surface area contributed by atoms with Gasteiger partial charge in [0.25, 0.3) is 0 Å². The van der Waals surface area contributed by atoms with Crippen LogP contribution in [0.1, 0.15) is 19.4 Å². The average Bonchev–Trinajstić information content (AvgIpc) is 2.39. The highest BCUT2D eigenvalue weighted by atomic mass is 35.5. The Morgan fingerprint density at radius 2 is 2.05 bits per heavy atom. The Morgan fingerprint density at radius 1 is 1.40 bits per heavy atom. The lowest BCUT2D eigenvalue weighted by atomic mass is 9.86. The van der Waals surface area contributed by atoms with Crippen LogP contribution < -0.4 is 4.90 Å². The highest BCUT2D eigenvalue weighted by Gasteiger charge is 2.27. The van der Waals surface area contributed by atoms with Crippen molar-refractivity contribution >= 4 is 23.3 Å². The minimum atomic E-state index is -0.800. The summed E-state index contributed by atoms with van der Waals surface area (Å²) >= 11 is 6.34. The molecule has 5 heteroatoms. The first-order valence-corrected chi connectivity index (χ1v) is 7.12. The summed E-state index contributed by atoms with van der Waals surface area (Å²) < 4.78 is 5.33. The zero-order valence-corrected chi connectivity index (χ0v) is 12.6. The molecule has 1 aromatic rings. The van der Waals surface area contributed by atoms with Crippen LogP contribution in [0.15, 0.2) is 18.2 Å². The quantitative estimate of drug-likeness (QED) is 0.928. The smallest absolute Gasteiger partial charge is 0.309 e. The predicted octanol–water partition coefficient (Wildman–Crippen LogP) is 2.83. The Morgan fingerprint density at radius 3 is 2.60 bits per heavy atom. The van der Waals surface area contributed by atoms with E-state index in [2.05, 4.69) is 4.90 Å².